The van der Waals surface area contributed by atoms with Gasteiger partial charge in [0.1, 0.15) is 4.83 Å². The predicted octanol–water partition coefficient (Wildman–Crippen LogP) is 3.94. The van der Waals surface area contributed by atoms with Crippen LogP contribution < -0.4 is 11.1 Å². The van der Waals surface area contributed by atoms with Crippen LogP contribution in [0.5, 0.6) is 0 Å². The Balaban J connectivity index is 0.00000225. The van der Waals surface area contributed by atoms with Gasteiger partial charge in [0.25, 0.3) is 5.91 Å². The van der Waals surface area contributed by atoms with Crippen molar-refractivity contribution in [2.75, 3.05) is 6.54 Å². The number of nitrogens with two attached hydrogens (primary N) is 1. The van der Waals surface area contributed by atoms with Crippen molar-refractivity contribution in [3.05, 3.63) is 45.9 Å². The molecule has 1 atom stereocenters. The number of aryl methyl sites for hydroxylation is 1. The lowest BCUT2D eigenvalue weighted by atomic mass is 10.2. The Kier molecular flexibility index (Phi) is 6.46. The molecule has 8 heteroatoms. The monoisotopic (exact) mass is 398 g/mol. The van der Waals surface area contributed by atoms with Crippen LogP contribution in [-0.2, 0) is 0 Å². The van der Waals surface area contributed by atoms with Crippen LogP contribution in [0.2, 0.25) is 5.02 Å². The maximum atomic E-state index is 12.3. The normalized spacial score (nSPS) is 12.0. The lowest BCUT2D eigenvalue weighted by Crippen LogP contribution is -2.28. The second kappa shape index (κ2) is 8.19. The van der Waals surface area contributed by atoms with E-state index in [0.29, 0.717) is 16.4 Å². The first-order valence-electron chi connectivity index (χ1n) is 7.74. The molecule has 0 aliphatic carbocycles. The number of benzene rings is 1. The number of hydrogen-bond acceptors (Lipinski definition) is 4. The van der Waals surface area contributed by atoms with Crippen molar-refractivity contribution in [1.29, 1.82) is 0 Å². The van der Waals surface area contributed by atoms with Crippen LogP contribution in [0.25, 0.3) is 15.9 Å². The molecule has 25 heavy (non-hydrogen) atoms. The van der Waals surface area contributed by atoms with E-state index in [1.165, 1.54) is 11.3 Å². The van der Waals surface area contributed by atoms with Crippen molar-refractivity contribution in [2.24, 2.45) is 5.73 Å². The molecule has 2 heterocycles. The zero-order chi connectivity index (χ0) is 17.3. The van der Waals surface area contributed by atoms with Crippen LogP contribution in [-0.4, -0.2) is 28.3 Å². The highest BCUT2D eigenvalue weighted by Gasteiger charge is 2.17. The summed E-state index contributed by atoms with van der Waals surface area (Å²) < 4.78 is 1.85. The molecule has 1 unspecified atom stereocenters. The Labute approximate surface area is 161 Å². The highest BCUT2D eigenvalue weighted by molar-refractivity contribution is 7.20. The molecule has 0 saturated carbocycles. The Morgan fingerprint density at radius 2 is 2.08 bits per heavy atom. The van der Waals surface area contributed by atoms with E-state index in [2.05, 4.69) is 10.4 Å². The van der Waals surface area contributed by atoms with Crippen molar-refractivity contribution < 1.29 is 4.79 Å². The molecule has 0 radical (unpaired) electrons. The first-order valence-corrected chi connectivity index (χ1v) is 8.94. The number of hydrogen-bond donors (Lipinski definition) is 2. The quantitative estimate of drug-likeness (QED) is 0.683. The number of carbonyl (C=O) groups is 1. The van der Waals surface area contributed by atoms with Crippen LogP contribution in [0.1, 0.15) is 28.7 Å². The van der Waals surface area contributed by atoms with Gasteiger partial charge in [-0.25, -0.2) is 4.68 Å². The van der Waals surface area contributed by atoms with Crippen LogP contribution in [0, 0.1) is 6.92 Å². The summed E-state index contributed by atoms with van der Waals surface area (Å²) in [4.78, 5) is 13.9. The van der Waals surface area contributed by atoms with E-state index in [1.54, 1.807) is 0 Å². The molecule has 0 bridgehead atoms. The molecule has 1 amide bonds. The van der Waals surface area contributed by atoms with Gasteiger partial charge in [0.2, 0.25) is 0 Å². The fourth-order valence-corrected chi connectivity index (χ4v) is 3.64. The van der Waals surface area contributed by atoms with Gasteiger partial charge in [-0.05, 0) is 50.6 Å². The van der Waals surface area contributed by atoms with E-state index in [4.69, 9.17) is 17.3 Å². The van der Waals surface area contributed by atoms with Gasteiger partial charge in [0.15, 0.2) is 0 Å². The van der Waals surface area contributed by atoms with E-state index in [9.17, 15) is 4.79 Å². The summed E-state index contributed by atoms with van der Waals surface area (Å²) in [5.74, 6) is -0.0705. The van der Waals surface area contributed by atoms with Crippen LogP contribution in [0.15, 0.2) is 30.3 Å². The summed E-state index contributed by atoms with van der Waals surface area (Å²) >= 11 is 7.38. The molecule has 0 fully saturated rings. The summed E-state index contributed by atoms with van der Waals surface area (Å²) in [6.07, 6.45) is 0.758. The van der Waals surface area contributed by atoms with E-state index in [-0.39, 0.29) is 24.4 Å². The number of thiophene rings is 1. The van der Waals surface area contributed by atoms with Crippen molar-refractivity contribution in [3.8, 4) is 5.69 Å². The zero-order valence-electron chi connectivity index (χ0n) is 14.0. The Hall–Kier alpha value is -1.60. The first-order chi connectivity index (χ1) is 11.5. The summed E-state index contributed by atoms with van der Waals surface area (Å²) in [7, 11) is 0. The van der Waals surface area contributed by atoms with Crippen LogP contribution >= 0.6 is 35.3 Å². The molecular formula is C17H20Cl2N4OS. The average Bonchev–Trinajstić information content (AvgIpc) is 3.09. The van der Waals surface area contributed by atoms with Gasteiger partial charge in [0, 0.05) is 23.0 Å². The molecule has 2 aromatic heterocycles. The minimum atomic E-state index is -0.0705. The number of aromatic nitrogens is 2. The number of nitrogens with one attached hydrogen (secondary N) is 1. The van der Waals surface area contributed by atoms with Crippen molar-refractivity contribution in [1.82, 2.24) is 15.1 Å². The number of rotatable bonds is 5. The Morgan fingerprint density at radius 1 is 1.40 bits per heavy atom. The lowest BCUT2D eigenvalue weighted by molar-refractivity contribution is 0.0957. The maximum Gasteiger partial charge on any atom is 0.261 e. The minimum Gasteiger partial charge on any atom is -0.351 e. The highest BCUT2D eigenvalue weighted by atomic mass is 35.5. The third kappa shape index (κ3) is 4.33. The summed E-state index contributed by atoms with van der Waals surface area (Å²) in [5, 5.41) is 9.16. The standard InChI is InChI=1S/C17H19ClN4OS.ClH/c1-10(19)7-8-20-16(23)15-9-14-11(2)21-22(17(14)24-15)13-5-3-12(18)4-6-13;/h3-6,9-10H,7-8,19H2,1-2H3,(H,20,23);1H. The molecular weight excluding hydrogens is 379 g/mol. The van der Waals surface area contributed by atoms with Gasteiger partial charge in [0.05, 0.1) is 16.3 Å². The second-order valence-electron chi connectivity index (χ2n) is 5.82. The molecule has 0 aliphatic rings. The fourth-order valence-electron chi connectivity index (χ4n) is 2.42. The van der Waals surface area contributed by atoms with E-state index in [0.717, 1.165) is 28.0 Å². The highest BCUT2D eigenvalue weighted by Crippen LogP contribution is 2.30. The number of amides is 1. The Bertz CT molecular complexity index is 871. The van der Waals surface area contributed by atoms with E-state index >= 15 is 0 Å². The second-order valence-corrected chi connectivity index (χ2v) is 7.29. The molecule has 5 nitrogen and oxygen atoms in total. The fraction of sp³-hybridized carbons (Fsp3) is 0.294. The van der Waals surface area contributed by atoms with Crippen LogP contribution in [0.3, 0.4) is 0 Å². The topological polar surface area (TPSA) is 72.9 Å². The van der Waals surface area contributed by atoms with Crippen LogP contribution in [0.4, 0.5) is 0 Å². The molecule has 0 spiro atoms. The third-order valence-corrected chi connectivity index (χ3v) is 5.09. The van der Waals surface area contributed by atoms with Crippen molar-refractivity contribution in [2.45, 2.75) is 26.3 Å². The smallest absolute Gasteiger partial charge is 0.261 e. The van der Waals surface area contributed by atoms with Gasteiger partial charge in [-0.15, -0.1) is 23.7 Å². The molecule has 1 aromatic carbocycles. The van der Waals surface area contributed by atoms with Crippen molar-refractivity contribution in [3.63, 3.8) is 0 Å². The largest absolute Gasteiger partial charge is 0.351 e. The molecule has 3 rings (SSSR count). The summed E-state index contributed by atoms with van der Waals surface area (Å²) in [6.45, 7) is 4.45. The molecule has 3 N–H and O–H groups in total. The first kappa shape index (κ1) is 19.7. The molecule has 0 saturated heterocycles. The van der Waals surface area contributed by atoms with Gasteiger partial charge < -0.3 is 11.1 Å². The van der Waals surface area contributed by atoms with E-state index in [1.807, 2.05) is 48.9 Å². The van der Waals surface area contributed by atoms with Crippen molar-refractivity contribution >= 4 is 51.5 Å². The minimum absolute atomic E-state index is 0. The van der Waals surface area contributed by atoms with Gasteiger partial charge >= 0.3 is 0 Å². The number of carbonyl (C=O) groups excluding carboxylic acids is 1. The molecule has 0 aliphatic heterocycles. The summed E-state index contributed by atoms with van der Waals surface area (Å²) in [6, 6.07) is 9.46. The molecule has 3 aromatic rings. The Morgan fingerprint density at radius 3 is 2.72 bits per heavy atom. The lowest BCUT2D eigenvalue weighted by Gasteiger charge is -2.06. The number of nitrogens with zero attached hydrogens (tertiary/aromatic N) is 2. The maximum absolute atomic E-state index is 12.3. The van der Waals surface area contributed by atoms with Gasteiger partial charge in [-0.3, -0.25) is 4.79 Å². The summed E-state index contributed by atoms with van der Waals surface area (Å²) in [5.41, 5.74) is 7.52. The predicted molar refractivity (Wildman–Crippen MR) is 107 cm³/mol. The zero-order valence-corrected chi connectivity index (χ0v) is 16.3. The van der Waals surface area contributed by atoms with Gasteiger partial charge in [-0.1, -0.05) is 11.6 Å². The van der Waals surface area contributed by atoms with E-state index < -0.39 is 0 Å². The number of fused-ring (bicyclic) bond motifs is 1. The third-order valence-electron chi connectivity index (χ3n) is 3.72. The number of halogens is 2. The van der Waals surface area contributed by atoms with Gasteiger partial charge in [-0.2, -0.15) is 5.10 Å². The SMILES string of the molecule is Cc1nn(-c2ccc(Cl)cc2)c2sc(C(=O)NCCC(C)N)cc12.Cl. The molecule has 134 valence electrons. The average molecular weight is 399 g/mol.